The number of nitrogens with zero attached hydrogens (tertiary/aromatic N) is 1. The standard InChI is InChI=1S/C54H27F10NSSi/c55-44-42(45(56)49(60)52(63)48(44)59)28-21-23-38-36(25-28)37-26-29(43-46(57)50(61)53(64)51(62)47(43)58)22-24-39(37)65(38)30-11-9-16-33(27-30)67(31-12-3-1-4-13-31,32-14-5-2-6-15-32)41-20-10-18-35-34-17-7-8-19-40(34)66-54(35)41/h1-27H. The van der Waals surface area contributed by atoms with Gasteiger partial charge in [-0.1, -0.05) is 121 Å². The van der Waals surface area contributed by atoms with Gasteiger partial charge in [-0.05, 0) is 74.3 Å². The monoisotopic (exact) mass is 939 g/mol. The molecule has 0 aliphatic carbocycles. The molecule has 0 bridgehead atoms. The van der Waals surface area contributed by atoms with Crippen LogP contribution in [0.2, 0.25) is 0 Å². The number of fused-ring (bicyclic) bond motifs is 6. The van der Waals surface area contributed by atoms with Crippen LogP contribution in [0, 0.1) is 58.2 Å². The lowest BCUT2D eigenvalue weighted by Gasteiger charge is -2.35. The molecule has 0 saturated carbocycles. The summed E-state index contributed by atoms with van der Waals surface area (Å²) in [5.41, 5.74) is -2.17. The average Bonchev–Trinajstić information content (AvgIpc) is 3.91. The first-order valence-electron chi connectivity index (χ1n) is 20.7. The van der Waals surface area contributed by atoms with Gasteiger partial charge in [0.1, 0.15) is 0 Å². The SMILES string of the molecule is Fc1c(F)c(F)c(-c2ccc3c(c2)c2cc(-c4c(F)c(F)c(F)c(F)c4F)ccc2n3-c2cccc([Si](c3ccccc3)(c3ccccc3)c3cccc4c3sc3ccccc34)c2)c(F)c1F. The quantitative estimate of drug-likeness (QED) is 0.0493. The normalized spacial score (nSPS) is 12.0. The number of hydrogen-bond acceptors (Lipinski definition) is 1. The Bertz CT molecular complexity index is 3610. The molecule has 0 saturated heterocycles. The highest BCUT2D eigenvalue weighted by atomic mass is 32.1. The molecule has 9 aromatic carbocycles. The van der Waals surface area contributed by atoms with Crippen LogP contribution < -0.4 is 20.7 Å². The zero-order chi connectivity index (χ0) is 46.5. The second-order valence-corrected chi connectivity index (χ2v) is 20.8. The van der Waals surface area contributed by atoms with Crippen molar-refractivity contribution in [3.05, 3.63) is 222 Å². The molecule has 13 heteroatoms. The number of thiophene rings is 1. The molecule has 0 aliphatic heterocycles. The molecule has 0 unspecified atom stereocenters. The lowest BCUT2D eigenvalue weighted by molar-refractivity contribution is 0.381. The van der Waals surface area contributed by atoms with Gasteiger partial charge in [0.05, 0.1) is 22.2 Å². The maximum absolute atomic E-state index is 15.4. The van der Waals surface area contributed by atoms with Crippen LogP contribution in [0.3, 0.4) is 0 Å². The molecular formula is C54H27F10NSSi. The van der Waals surface area contributed by atoms with Gasteiger partial charge in [-0.2, -0.15) is 0 Å². The van der Waals surface area contributed by atoms with E-state index in [0.29, 0.717) is 16.7 Å². The van der Waals surface area contributed by atoms with E-state index in [9.17, 15) is 26.3 Å². The Hall–Kier alpha value is -7.48. The van der Waals surface area contributed by atoms with Crippen molar-refractivity contribution in [2.75, 3.05) is 0 Å². The fraction of sp³-hybridized carbons (Fsp3) is 0. The van der Waals surface area contributed by atoms with E-state index in [1.54, 1.807) is 15.9 Å². The molecule has 1 nitrogen and oxygen atoms in total. The van der Waals surface area contributed by atoms with Crippen LogP contribution in [0.4, 0.5) is 43.9 Å². The van der Waals surface area contributed by atoms with Crippen LogP contribution >= 0.6 is 11.3 Å². The second kappa shape index (κ2) is 15.8. The van der Waals surface area contributed by atoms with Gasteiger partial charge in [0.25, 0.3) is 0 Å². The number of rotatable bonds is 7. The van der Waals surface area contributed by atoms with E-state index in [4.69, 9.17) is 0 Å². The summed E-state index contributed by atoms with van der Waals surface area (Å²) in [7, 11) is -3.34. The van der Waals surface area contributed by atoms with Crippen LogP contribution in [0.5, 0.6) is 0 Å². The summed E-state index contributed by atoms with van der Waals surface area (Å²) >= 11 is 1.70. The van der Waals surface area contributed by atoms with Gasteiger partial charge in [0.15, 0.2) is 54.6 Å². The van der Waals surface area contributed by atoms with Crippen molar-refractivity contribution in [3.63, 3.8) is 0 Å². The van der Waals surface area contributed by atoms with E-state index < -0.39 is 88.5 Å². The first kappa shape index (κ1) is 42.2. The van der Waals surface area contributed by atoms with Crippen LogP contribution in [-0.4, -0.2) is 12.6 Å². The molecule has 0 amide bonds. The average molecular weight is 940 g/mol. The van der Waals surface area contributed by atoms with Gasteiger partial charge in [-0.15, -0.1) is 11.3 Å². The van der Waals surface area contributed by atoms with Gasteiger partial charge in [-0.25, -0.2) is 43.9 Å². The molecule has 0 N–H and O–H groups in total. The predicted octanol–water partition coefficient (Wildman–Crippen LogP) is 13.3. The van der Waals surface area contributed by atoms with Crippen LogP contribution in [0.25, 0.3) is 69.9 Å². The van der Waals surface area contributed by atoms with Gasteiger partial charge in [-0.3, -0.25) is 0 Å². The number of benzene rings is 9. The van der Waals surface area contributed by atoms with Gasteiger partial charge >= 0.3 is 0 Å². The van der Waals surface area contributed by atoms with E-state index in [1.807, 2.05) is 66.7 Å². The van der Waals surface area contributed by atoms with Crippen molar-refractivity contribution in [1.82, 2.24) is 4.57 Å². The van der Waals surface area contributed by atoms with Crippen molar-refractivity contribution in [2.24, 2.45) is 0 Å². The largest absolute Gasteiger partial charge is 0.309 e. The Kier molecular flexibility index (Phi) is 9.98. The minimum absolute atomic E-state index is 0.0947. The Balaban J connectivity index is 1.23. The molecule has 11 aromatic rings. The Morgan fingerprint density at radius 2 is 0.776 bits per heavy atom. The molecule has 328 valence electrons. The fourth-order valence-corrected chi connectivity index (χ4v) is 16.2. The van der Waals surface area contributed by atoms with Crippen molar-refractivity contribution in [1.29, 1.82) is 0 Å². The van der Waals surface area contributed by atoms with Gasteiger partial charge in [0, 0.05) is 36.6 Å². The maximum Gasteiger partial charge on any atom is 0.200 e. The molecule has 67 heavy (non-hydrogen) atoms. The smallest absolute Gasteiger partial charge is 0.200 e. The number of aromatic nitrogens is 1. The number of hydrogen-bond donors (Lipinski definition) is 0. The zero-order valence-electron chi connectivity index (χ0n) is 34.2. The number of halogens is 10. The Labute approximate surface area is 379 Å². The maximum atomic E-state index is 15.4. The summed E-state index contributed by atoms with van der Waals surface area (Å²) in [6, 6.07) is 50.1. The molecular weight excluding hydrogens is 913 g/mol. The van der Waals surface area contributed by atoms with Crippen molar-refractivity contribution in [2.45, 2.75) is 0 Å². The summed E-state index contributed by atoms with van der Waals surface area (Å²) < 4.78 is 152. The molecule has 11 rings (SSSR count). The highest BCUT2D eigenvalue weighted by Gasteiger charge is 2.43. The third-order valence-corrected chi connectivity index (χ3v) is 18.7. The Morgan fingerprint density at radius 1 is 0.343 bits per heavy atom. The van der Waals surface area contributed by atoms with E-state index in [1.165, 1.54) is 24.3 Å². The molecule has 2 aromatic heterocycles. The fourth-order valence-electron chi connectivity index (χ4n) is 9.59. The summed E-state index contributed by atoms with van der Waals surface area (Å²) in [5.74, 6) is -21.7. The van der Waals surface area contributed by atoms with Crippen LogP contribution in [0.1, 0.15) is 0 Å². The predicted molar refractivity (Wildman–Crippen MR) is 248 cm³/mol. The van der Waals surface area contributed by atoms with Crippen molar-refractivity contribution >= 4 is 82.1 Å². The lowest BCUT2D eigenvalue weighted by atomic mass is 9.98. The van der Waals surface area contributed by atoms with Gasteiger partial charge in [0.2, 0.25) is 11.6 Å². The summed E-state index contributed by atoms with van der Waals surface area (Å²) in [6.45, 7) is 0. The topological polar surface area (TPSA) is 4.93 Å². The van der Waals surface area contributed by atoms with Crippen LogP contribution in [-0.2, 0) is 0 Å². The molecule has 0 spiro atoms. The summed E-state index contributed by atoms with van der Waals surface area (Å²) in [4.78, 5) is 0. The van der Waals surface area contributed by atoms with Crippen molar-refractivity contribution in [3.8, 4) is 27.9 Å². The van der Waals surface area contributed by atoms with E-state index in [2.05, 4.69) is 60.7 Å². The summed E-state index contributed by atoms with van der Waals surface area (Å²) in [6.07, 6.45) is 0. The zero-order valence-corrected chi connectivity index (χ0v) is 36.0. The second-order valence-electron chi connectivity index (χ2n) is 16.0. The lowest BCUT2D eigenvalue weighted by Crippen LogP contribution is -2.74. The van der Waals surface area contributed by atoms with E-state index in [-0.39, 0.29) is 10.8 Å². The third-order valence-electron chi connectivity index (χ3n) is 12.5. The third kappa shape index (κ3) is 6.21. The highest BCUT2D eigenvalue weighted by Crippen LogP contribution is 2.41. The first-order chi connectivity index (χ1) is 32.4. The molecule has 0 fully saturated rings. The summed E-state index contributed by atoms with van der Waals surface area (Å²) in [5, 5.41) is 6.56. The van der Waals surface area contributed by atoms with Gasteiger partial charge < -0.3 is 4.57 Å². The molecule has 0 radical (unpaired) electrons. The molecule has 2 heterocycles. The first-order valence-corrected chi connectivity index (χ1v) is 23.5. The molecule has 0 aliphatic rings. The van der Waals surface area contributed by atoms with Crippen molar-refractivity contribution < 1.29 is 43.9 Å². The highest BCUT2D eigenvalue weighted by molar-refractivity contribution is 7.30. The van der Waals surface area contributed by atoms with E-state index >= 15 is 17.6 Å². The minimum atomic E-state index is -3.34. The molecule has 0 atom stereocenters. The Morgan fingerprint density at radius 3 is 1.30 bits per heavy atom. The van der Waals surface area contributed by atoms with E-state index in [0.717, 1.165) is 53.1 Å². The van der Waals surface area contributed by atoms with Crippen LogP contribution in [0.15, 0.2) is 164 Å². The minimum Gasteiger partial charge on any atom is -0.309 e.